The van der Waals surface area contributed by atoms with Crippen molar-refractivity contribution in [1.29, 1.82) is 0 Å². The highest BCUT2D eigenvalue weighted by molar-refractivity contribution is 9.10. The van der Waals surface area contributed by atoms with Gasteiger partial charge in [-0.1, -0.05) is 36.7 Å². The summed E-state index contributed by atoms with van der Waals surface area (Å²) in [5, 5.41) is 13.8. The third-order valence-electron chi connectivity index (χ3n) is 19.5. The van der Waals surface area contributed by atoms with Crippen LogP contribution in [0.4, 0.5) is 57.4 Å². The summed E-state index contributed by atoms with van der Waals surface area (Å²) in [6, 6.07) is 22.6. The van der Waals surface area contributed by atoms with Crippen molar-refractivity contribution in [2.45, 2.75) is 85.5 Å². The zero-order valence-corrected chi connectivity index (χ0v) is 66.8. The molecule has 13 rings (SSSR count). The van der Waals surface area contributed by atoms with Crippen LogP contribution in [0.15, 0.2) is 133 Å². The number of ether oxygens (including phenoxy) is 3. The number of nitrogens with one attached hydrogen (secondary N) is 4. The molecular formula is C76H101Br3N18O7. The highest BCUT2D eigenvalue weighted by Crippen LogP contribution is 2.41. The summed E-state index contributed by atoms with van der Waals surface area (Å²) >= 11 is 10.00. The molecule has 1 aliphatic carbocycles. The van der Waals surface area contributed by atoms with Crippen LogP contribution in [-0.2, 0) is 61.2 Å². The second kappa shape index (κ2) is 36.5. The Morgan fingerprint density at radius 3 is 1.51 bits per heavy atom. The molecule has 558 valence electrons. The molecule has 0 aromatic carbocycles. The van der Waals surface area contributed by atoms with E-state index in [1.165, 1.54) is 20.4 Å². The quantitative estimate of drug-likeness (QED) is 0.0519. The van der Waals surface area contributed by atoms with Gasteiger partial charge in [-0.3, -0.25) is 33.9 Å². The van der Waals surface area contributed by atoms with Crippen LogP contribution in [-0.4, -0.2) is 197 Å². The molecule has 12 heterocycles. The number of fused-ring (bicyclic) bond motifs is 3. The molecule has 3 atom stereocenters. The summed E-state index contributed by atoms with van der Waals surface area (Å²) < 4.78 is 23.6. The van der Waals surface area contributed by atoms with Crippen molar-refractivity contribution < 1.29 is 19.0 Å². The molecule has 3 saturated heterocycles. The van der Waals surface area contributed by atoms with Gasteiger partial charge in [0.2, 0.25) is 0 Å². The van der Waals surface area contributed by atoms with E-state index in [0.29, 0.717) is 71.4 Å². The number of hydrogen-bond acceptors (Lipinski definition) is 20. The Labute approximate surface area is 635 Å². The monoisotopic (exact) mass is 1610 g/mol. The van der Waals surface area contributed by atoms with E-state index < -0.39 is 0 Å². The van der Waals surface area contributed by atoms with E-state index >= 15 is 0 Å². The van der Waals surface area contributed by atoms with Gasteiger partial charge in [-0.2, -0.15) is 0 Å². The number of rotatable bonds is 20. The Hall–Kier alpha value is -7.80. The van der Waals surface area contributed by atoms with Crippen LogP contribution < -0.4 is 57.5 Å². The lowest BCUT2D eigenvalue weighted by molar-refractivity contribution is 0.0963. The largest absolute Gasteiger partial charge is 0.384 e. The average molecular weight is 1620 g/mol. The van der Waals surface area contributed by atoms with Gasteiger partial charge in [0.05, 0.1) is 55.5 Å². The number of halogens is 3. The van der Waals surface area contributed by atoms with Gasteiger partial charge < -0.3 is 68.4 Å². The molecule has 5 aliphatic rings. The van der Waals surface area contributed by atoms with Crippen LogP contribution >= 0.6 is 47.8 Å². The molecule has 104 heavy (non-hydrogen) atoms. The minimum Gasteiger partial charge on any atom is -0.384 e. The third-order valence-corrected chi connectivity index (χ3v) is 20.7. The fraction of sp³-hybridized carbons (Fsp3) is 0.474. The van der Waals surface area contributed by atoms with Crippen LogP contribution in [0.5, 0.6) is 0 Å². The Bertz CT molecular complexity index is 4380. The Kier molecular flexibility index (Phi) is 27.6. The maximum atomic E-state index is 13.9. The molecule has 0 unspecified atom stereocenters. The van der Waals surface area contributed by atoms with E-state index in [0.717, 1.165) is 165 Å². The zero-order valence-electron chi connectivity index (χ0n) is 62.0. The molecule has 0 saturated carbocycles. The topological polar surface area (TPSA) is 235 Å². The van der Waals surface area contributed by atoms with Crippen LogP contribution in [0, 0.1) is 5.41 Å². The van der Waals surface area contributed by atoms with Gasteiger partial charge in [-0.25, -0.2) is 19.9 Å². The number of aryl methyl sites for hydroxylation is 3. The van der Waals surface area contributed by atoms with Crippen LogP contribution in [0.1, 0.15) is 68.9 Å². The van der Waals surface area contributed by atoms with Gasteiger partial charge in [0.15, 0.2) is 0 Å². The van der Waals surface area contributed by atoms with Crippen LogP contribution in [0.3, 0.4) is 0 Å². The maximum Gasteiger partial charge on any atom is 0.276 e. The summed E-state index contributed by atoms with van der Waals surface area (Å²) in [5.41, 5.74) is 10.8. The second-order valence-electron chi connectivity index (χ2n) is 27.9. The number of hydrogen-bond donors (Lipinski definition) is 4. The molecular weight excluding hydrogens is 1520 g/mol. The highest BCUT2D eigenvalue weighted by atomic mass is 79.9. The van der Waals surface area contributed by atoms with E-state index in [9.17, 15) is 19.2 Å². The zero-order chi connectivity index (χ0) is 74.4. The molecule has 28 heteroatoms. The number of aromatic nitrogens is 8. The molecule has 8 aromatic heterocycles. The second-order valence-corrected chi connectivity index (χ2v) is 30.5. The molecule has 0 radical (unpaired) electrons. The summed E-state index contributed by atoms with van der Waals surface area (Å²) in [6.07, 6.45) is 15.4. The van der Waals surface area contributed by atoms with Gasteiger partial charge in [0.1, 0.15) is 46.0 Å². The molecule has 4 N–H and O–H groups in total. The number of carbonyl (C=O) groups excluding carboxylic acids is 1. The predicted octanol–water partition coefficient (Wildman–Crippen LogP) is 10.4. The fourth-order valence-electron chi connectivity index (χ4n) is 14.2. The van der Waals surface area contributed by atoms with Crippen molar-refractivity contribution in [2.75, 3.05) is 161 Å². The predicted molar refractivity (Wildman–Crippen MR) is 429 cm³/mol. The van der Waals surface area contributed by atoms with Crippen molar-refractivity contribution in [2.24, 2.45) is 26.6 Å². The summed E-state index contributed by atoms with van der Waals surface area (Å²) in [4.78, 5) is 83.8. The van der Waals surface area contributed by atoms with Crippen molar-refractivity contribution >= 4 is 111 Å². The summed E-state index contributed by atoms with van der Waals surface area (Å²) in [7, 11) is 10.4. The van der Waals surface area contributed by atoms with E-state index in [4.69, 9.17) is 19.4 Å². The highest BCUT2D eigenvalue weighted by Gasteiger charge is 2.38. The molecule has 1 amide bonds. The number of amides is 1. The van der Waals surface area contributed by atoms with E-state index in [-0.39, 0.29) is 28.0 Å². The van der Waals surface area contributed by atoms with Crippen molar-refractivity contribution in [1.82, 2.24) is 53.3 Å². The molecule has 0 spiro atoms. The number of piperazine rings is 3. The Morgan fingerprint density at radius 2 is 1.07 bits per heavy atom. The molecule has 8 aromatic rings. The minimum atomic E-state index is -0.147. The first-order chi connectivity index (χ1) is 50.0. The number of alkyl halides is 1. The number of methoxy groups -OCH3 is 3. The van der Waals surface area contributed by atoms with E-state index in [1.54, 1.807) is 77.8 Å². The molecule has 3 fully saturated rings. The molecule has 4 aliphatic heterocycles. The Balaban J connectivity index is 0.000000177. The summed E-state index contributed by atoms with van der Waals surface area (Å²) in [5.74, 6) is 2.60. The van der Waals surface area contributed by atoms with E-state index in [1.807, 2.05) is 66.1 Å². The number of nitrogens with zero attached hydrogens (tertiary/aromatic N) is 14. The minimum absolute atomic E-state index is 0.00230. The third kappa shape index (κ3) is 19.6. The van der Waals surface area contributed by atoms with Gasteiger partial charge in [-0.05, 0) is 155 Å². The number of carbonyl (C=O) groups is 1. The normalized spacial score (nSPS) is 18.0. The first-order valence-corrected chi connectivity index (χ1v) is 38.3. The SMILES string of the molecule is CCc1c(-c2cc(Nc3ccc(N4CCN(CCOC)C[C@@H]4C)cn3)c(=O)n(C)c2)ccnc1N1CCn2c(cc3c2CC(C)(C)C3)C1=O.COCCBr.COCCN1CCN(c2ccc(Nc3cc(Br)cn(C)c3=O)nc2)[C@@H](C)C1.C[C@H]1CNCCN1c1ccc(Nc2cc(Br)cn(C)c2=O)nc1. The Morgan fingerprint density at radius 1 is 0.577 bits per heavy atom. The standard InChI is InChI=1S/C38H48N8O3.C19H26BrN5O2.C16H20BrN5O.C3H7BrO/c1-7-29-30(10-11-39-35(29)46-15-14-45-32(37(46)48)19-26-20-38(3,4)21-33(26)45)27-18-31(36(47)42(5)24-27)41-34-9-8-28(22-40-34)44-13-12-43(16-17-49-6)23-25(44)2;1-14-12-24(8-9-27-3)6-7-25(14)16-4-5-18(21-11-16)22-17-10-15(20)13-23(2)19(17)26;1-11-8-18-5-6-22(11)13-3-4-15(19-9-13)20-14-7-12(17)10-21(2)16(14)23;1-5-3-2-4/h8-11,18-19,22,24-25H,7,12-17,20-21,23H2,1-6H3,(H,40,41);4-5,10-11,13-14H,6-9,12H2,1-3H3,(H,21,22);3-4,7,9-11,18H,5-6,8H2,1-2H3,(H,19,20);2-3H2,1H3/t25-;14-;11-;/m000./s1. The van der Waals surface area contributed by atoms with Gasteiger partial charge >= 0.3 is 0 Å². The number of anilines is 10. The van der Waals surface area contributed by atoms with Crippen LogP contribution in [0.2, 0.25) is 0 Å². The average Bonchev–Trinajstić information content (AvgIpc) is 1.55. The number of pyridine rings is 7. The van der Waals surface area contributed by atoms with Gasteiger partial charge in [-0.15, -0.1) is 0 Å². The van der Waals surface area contributed by atoms with Crippen LogP contribution in [0.25, 0.3) is 11.1 Å². The maximum absolute atomic E-state index is 13.9. The van der Waals surface area contributed by atoms with Gasteiger partial charge in [0.25, 0.3) is 22.6 Å². The lowest BCUT2D eigenvalue weighted by atomic mass is 9.90. The first kappa shape index (κ1) is 78.8. The van der Waals surface area contributed by atoms with Crippen molar-refractivity contribution in [3.05, 3.63) is 173 Å². The first-order valence-electron chi connectivity index (χ1n) is 35.6. The molecule has 25 nitrogen and oxygen atoms in total. The lowest BCUT2D eigenvalue weighted by Gasteiger charge is -2.41. The fourth-order valence-corrected chi connectivity index (χ4v) is 15.6. The van der Waals surface area contributed by atoms with Crippen molar-refractivity contribution in [3.8, 4) is 11.1 Å². The van der Waals surface area contributed by atoms with Gasteiger partial charge in [0, 0.05) is 202 Å². The smallest absolute Gasteiger partial charge is 0.276 e. The van der Waals surface area contributed by atoms with Crippen molar-refractivity contribution in [3.63, 3.8) is 0 Å². The summed E-state index contributed by atoms with van der Waals surface area (Å²) in [6.45, 7) is 27.7. The molecule has 0 bridgehead atoms. The lowest BCUT2D eigenvalue weighted by Crippen LogP contribution is -2.52. The van der Waals surface area contributed by atoms with E-state index in [2.05, 4.69) is 173 Å².